The number of rotatable bonds is 3. The first kappa shape index (κ1) is 12.5. The third kappa shape index (κ3) is 2.50. The molecule has 0 aromatic carbocycles. The molecule has 1 aromatic heterocycles. The van der Waals surface area contributed by atoms with Gasteiger partial charge in [-0.25, -0.2) is 4.79 Å². The lowest BCUT2D eigenvalue weighted by Gasteiger charge is -2.35. The molecule has 1 aliphatic rings. The summed E-state index contributed by atoms with van der Waals surface area (Å²) in [5.74, 6) is -0.230. The molecule has 1 fully saturated rings. The van der Waals surface area contributed by atoms with Gasteiger partial charge < -0.3 is 9.64 Å². The molecule has 0 amide bonds. The van der Waals surface area contributed by atoms with Crippen molar-refractivity contribution in [3.05, 3.63) is 24.0 Å². The molecule has 0 bridgehead atoms. The standard InChI is InChI=1S/C13H16N2O3/c1-18-13(17)12-4-2-3-5-15(12)11-6-10(9-16)7-14-8-11/h6-9,12H,2-5H2,1H3. The summed E-state index contributed by atoms with van der Waals surface area (Å²) in [5.41, 5.74) is 1.32. The first-order chi connectivity index (χ1) is 8.76. The molecule has 1 saturated heterocycles. The van der Waals surface area contributed by atoms with Crippen molar-refractivity contribution in [3.63, 3.8) is 0 Å². The fraction of sp³-hybridized carbons (Fsp3) is 0.462. The SMILES string of the molecule is COC(=O)C1CCCCN1c1cncc(C=O)c1. The number of anilines is 1. The molecule has 1 unspecified atom stereocenters. The van der Waals surface area contributed by atoms with Gasteiger partial charge in [-0.05, 0) is 25.3 Å². The summed E-state index contributed by atoms with van der Waals surface area (Å²) in [5, 5.41) is 0. The van der Waals surface area contributed by atoms with Crippen LogP contribution in [0.2, 0.25) is 0 Å². The summed E-state index contributed by atoms with van der Waals surface area (Å²) in [6.07, 6.45) is 6.75. The van der Waals surface area contributed by atoms with Crippen LogP contribution in [-0.2, 0) is 9.53 Å². The molecule has 0 spiro atoms. The molecular weight excluding hydrogens is 232 g/mol. The number of aldehydes is 1. The summed E-state index contributed by atoms with van der Waals surface area (Å²) in [6.45, 7) is 0.782. The summed E-state index contributed by atoms with van der Waals surface area (Å²) in [7, 11) is 1.40. The van der Waals surface area contributed by atoms with Crippen LogP contribution in [0.15, 0.2) is 18.5 Å². The van der Waals surface area contributed by atoms with Crippen LogP contribution in [-0.4, -0.2) is 36.9 Å². The Morgan fingerprint density at radius 1 is 1.50 bits per heavy atom. The fourth-order valence-corrected chi connectivity index (χ4v) is 2.29. The van der Waals surface area contributed by atoms with Crippen molar-refractivity contribution in [2.45, 2.75) is 25.3 Å². The minimum absolute atomic E-state index is 0.230. The lowest BCUT2D eigenvalue weighted by atomic mass is 10.0. The fourth-order valence-electron chi connectivity index (χ4n) is 2.29. The molecule has 2 heterocycles. The Labute approximate surface area is 106 Å². The minimum atomic E-state index is -0.271. The van der Waals surface area contributed by atoms with Crippen LogP contribution >= 0.6 is 0 Å². The van der Waals surface area contributed by atoms with Crippen molar-refractivity contribution in [2.75, 3.05) is 18.6 Å². The Kier molecular flexibility index (Phi) is 3.92. The van der Waals surface area contributed by atoms with Crippen LogP contribution in [0.4, 0.5) is 5.69 Å². The number of esters is 1. The van der Waals surface area contributed by atoms with Crippen molar-refractivity contribution < 1.29 is 14.3 Å². The molecule has 0 radical (unpaired) electrons. The third-order valence-electron chi connectivity index (χ3n) is 3.19. The highest BCUT2D eigenvalue weighted by Crippen LogP contribution is 2.25. The molecule has 96 valence electrons. The van der Waals surface area contributed by atoms with Gasteiger partial charge in [-0.15, -0.1) is 0 Å². The van der Waals surface area contributed by atoms with Gasteiger partial charge >= 0.3 is 5.97 Å². The van der Waals surface area contributed by atoms with Gasteiger partial charge in [-0.2, -0.15) is 0 Å². The maximum absolute atomic E-state index is 11.8. The van der Waals surface area contributed by atoms with E-state index in [0.717, 1.165) is 37.8 Å². The molecule has 5 heteroatoms. The van der Waals surface area contributed by atoms with Gasteiger partial charge in [0.15, 0.2) is 6.29 Å². The van der Waals surface area contributed by atoms with Crippen LogP contribution in [0.25, 0.3) is 0 Å². The van der Waals surface area contributed by atoms with E-state index < -0.39 is 0 Å². The second-order valence-corrected chi connectivity index (χ2v) is 4.32. The first-order valence-corrected chi connectivity index (χ1v) is 6.01. The normalized spacial score (nSPS) is 19.4. The van der Waals surface area contributed by atoms with E-state index in [-0.39, 0.29) is 12.0 Å². The molecule has 0 N–H and O–H groups in total. The second kappa shape index (κ2) is 5.62. The van der Waals surface area contributed by atoms with Crippen LogP contribution < -0.4 is 4.90 Å². The van der Waals surface area contributed by atoms with E-state index in [9.17, 15) is 9.59 Å². The molecule has 2 rings (SSSR count). The Bertz CT molecular complexity index is 448. The summed E-state index contributed by atoms with van der Waals surface area (Å²) < 4.78 is 4.83. The molecular formula is C13H16N2O3. The zero-order chi connectivity index (χ0) is 13.0. The van der Waals surface area contributed by atoms with Crippen LogP contribution in [0.1, 0.15) is 29.6 Å². The van der Waals surface area contributed by atoms with E-state index in [2.05, 4.69) is 4.98 Å². The van der Waals surface area contributed by atoms with E-state index in [4.69, 9.17) is 4.74 Å². The number of carbonyl (C=O) groups is 2. The zero-order valence-corrected chi connectivity index (χ0v) is 10.3. The van der Waals surface area contributed by atoms with Gasteiger partial charge in [0, 0.05) is 18.3 Å². The Balaban J connectivity index is 2.27. The number of pyridine rings is 1. The van der Waals surface area contributed by atoms with Gasteiger partial charge in [0.25, 0.3) is 0 Å². The van der Waals surface area contributed by atoms with Crippen LogP contribution in [0, 0.1) is 0 Å². The average molecular weight is 248 g/mol. The molecule has 0 saturated carbocycles. The second-order valence-electron chi connectivity index (χ2n) is 4.32. The number of hydrogen-bond acceptors (Lipinski definition) is 5. The number of aromatic nitrogens is 1. The number of ether oxygens (including phenoxy) is 1. The highest BCUT2D eigenvalue weighted by molar-refractivity contribution is 5.81. The van der Waals surface area contributed by atoms with Crippen molar-refractivity contribution in [3.8, 4) is 0 Å². The summed E-state index contributed by atoms with van der Waals surface area (Å²) >= 11 is 0. The van der Waals surface area contributed by atoms with Crippen molar-refractivity contribution >= 4 is 17.9 Å². The van der Waals surface area contributed by atoms with Crippen molar-refractivity contribution in [1.29, 1.82) is 0 Å². The van der Waals surface area contributed by atoms with E-state index >= 15 is 0 Å². The maximum Gasteiger partial charge on any atom is 0.328 e. The topological polar surface area (TPSA) is 59.5 Å². The molecule has 18 heavy (non-hydrogen) atoms. The van der Waals surface area contributed by atoms with E-state index in [1.807, 2.05) is 4.90 Å². The number of hydrogen-bond donors (Lipinski definition) is 0. The minimum Gasteiger partial charge on any atom is -0.467 e. The van der Waals surface area contributed by atoms with Gasteiger partial charge in [0.2, 0.25) is 0 Å². The van der Waals surface area contributed by atoms with Gasteiger partial charge in [0.1, 0.15) is 6.04 Å². The lowest BCUT2D eigenvalue weighted by molar-refractivity contribution is -0.142. The largest absolute Gasteiger partial charge is 0.467 e. The quantitative estimate of drug-likeness (QED) is 0.598. The van der Waals surface area contributed by atoms with Gasteiger partial charge in [-0.3, -0.25) is 9.78 Å². The van der Waals surface area contributed by atoms with E-state index in [0.29, 0.717) is 5.56 Å². The number of nitrogens with zero attached hydrogens (tertiary/aromatic N) is 2. The Morgan fingerprint density at radius 2 is 2.33 bits per heavy atom. The summed E-state index contributed by atoms with van der Waals surface area (Å²) in [4.78, 5) is 28.5. The lowest BCUT2D eigenvalue weighted by Crippen LogP contribution is -2.45. The van der Waals surface area contributed by atoms with Crippen molar-refractivity contribution in [2.24, 2.45) is 0 Å². The predicted molar refractivity (Wildman–Crippen MR) is 66.6 cm³/mol. The molecule has 0 aliphatic carbocycles. The third-order valence-corrected chi connectivity index (χ3v) is 3.19. The Hall–Kier alpha value is -1.91. The van der Waals surface area contributed by atoms with Gasteiger partial charge in [0.05, 0.1) is 19.0 Å². The zero-order valence-electron chi connectivity index (χ0n) is 10.3. The molecule has 1 aromatic rings. The average Bonchev–Trinajstić information content (AvgIpc) is 2.46. The smallest absolute Gasteiger partial charge is 0.328 e. The Morgan fingerprint density at radius 3 is 3.06 bits per heavy atom. The van der Waals surface area contributed by atoms with E-state index in [1.54, 1.807) is 12.3 Å². The monoisotopic (exact) mass is 248 g/mol. The molecule has 1 aliphatic heterocycles. The number of methoxy groups -OCH3 is 1. The molecule has 5 nitrogen and oxygen atoms in total. The van der Waals surface area contributed by atoms with Crippen LogP contribution in [0.5, 0.6) is 0 Å². The highest BCUT2D eigenvalue weighted by Gasteiger charge is 2.29. The van der Waals surface area contributed by atoms with Crippen molar-refractivity contribution in [1.82, 2.24) is 4.98 Å². The maximum atomic E-state index is 11.8. The van der Waals surface area contributed by atoms with E-state index in [1.165, 1.54) is 13.3 Å². The van der Waals surface area contributed by atoms with Crippen LogP contribution in [0.3, 0.4) is 0 Å². The van der Waals surface area contributed by atoms with Gasteiger partial charge in [-0.1, -0.05) is 0 Å². The highest BCUT2D eigenvalue weighted by atomic mass is 16.5. The first-order valence-electron chi connectivity index (χ1n) is 6.01. The molecule has 1 atom stereocenters. The predicted octanol–water partition coefficient (Wildman–Crippen LogP) is 1.43. The summed E-state index contributed by atoms with van der Waals surface area (Å²) in [6, 6.07) is 1.48. The number of piperidine rings is 1. The number of carbonyl (C=O) groups excluding carboxylic acids is 2.